The molecule has 30 nitrogen and oxygen atoms in total. The van der Waals surface area contributed by atoms with Gasteiger partial charge in [-0.05, 0) is 82.0 Å². The van der Waals surface area contributed by atoms with Crippen molar-refractivity contribution < 1.29 is 115 Å². The van der Waals surface area contributed by atoms with E-state index < -0.39 is 173 Å². The van der Waals surface area contributed by atoms with E-state index in [9.17, 15) is 44.4 Å². The Bertz CT molecular complexity index is 4580. The van der Waals surface area contributed by atoms with Crippen LogP contribution in [0.1, 0.15) is 72.4 Å². The molecule has 4 aliphatic heterocycles. The lowest BCUT2D eigenvalue weighted by molar-refractivity contribution is -0.358. The Morgan fingerprint density at radius 2 is 0.862 bits per heavy atom. The van der Waals surface area contributed by atoms with E-state index >= 15 is 0 Å². The van der Waals surface area contributed by atoms with Crippen LogP contribution in [0.4, 0.5) is 24.0 Å². The largest absolute Gasteiger partial charge is 0.445 e. The van der Waals surface area contributed by atoms with E-state index in [2.05, 4.69) is 56.2 Å². The van der Waals surface area contributed by atoms with Gasteiger partial charge < -0.3 is 123 Å². The average molecular weight is 1710 g/mol. The van der Waals surface area contributed by atoms with Crippen LogP contribution in [-0.4, -0.2) is 215 Å². The van der Waals surface area contributed by atoms with Gasteiger partial charge in [0.15, 0.2) is 33.5 Å². The first-order valence-corrected chi connectivity index (χ1v) is 44.4. The molecule has 0 spiro atoms. The lowest BCUT2D eigenvalue weighted by Gasteiger charge is -2.51. The number of amides is 5. The predicted molar refractivity (Wildman–Crippen MR) is 449 cm³/mol. The van der Waals surface area contributed by atoms with Gasteiger partial charge >= 0.3 is 30.5 Å². The number of alkyl carbamates (subject to hydrolysis) is 5. The van der Waals surface area contributed by atoms with E-state index in [1.807, 2.05) is 82.4 Å². The van der Waals surface area contributed by atoms with Crippen LogP contribution in [0.5, 0.6) is 0 Å². The molecule has 10 N–H and O–H groups in total. The number of fused-ring (bicyclic) bond motifs is 1. The smallest absolute Gasteiger partial charge is 0.407 e. The highest BCUT2D eigenvalue weighted by molar-refractivity contribution is 6.74. The second kappa shape index (κ2) is 43.9. The van der Waals surface area contributed by atoms with E-state index in [-0.39, 0.29) is 65.8 Å². The van der Waals surface area contributed by atoms with E-state index in [0.717, 1.165) is 16.7 Å². The van der Waals surface area contributed by atoms with Crippen molar-refractivity contribution in [1.29, 1.82) is 0 Å². The topological polar surface area (TPSA) is 377 Å². The molecule has 123 heavy (non-hydrogen) atoms. The maximum atomic E-state index is 14.8. The van der Waals surface area contributed by atoms with Crippen molar-refractivity contribution in [2.24, 2.45) is 0 Å². The zero-order chi connectivity index (χ0) is 86.2. The molecule has 31 heteroatoms. The Kier molecular flexibility index (Phi) is 32.3. The first-order chi connectivity index (χ1) is 59.6. The molecule has 13 rings (SSSR count). The molecule has 1 aliphatic carbocycles. The molecule has 20 atom stereocenters. The lowest BCUT2D eigenvalue weighted by atomic mass is 9.83. The van der Waals surface area contributed by atoms with Gasteiger partial charge in [0.1, 0.15) is 118 Å². The summed E-state index contributed by atoms with van der Waals surface area (Å²) in [5.74, 6) is 0. The standard InChI is InChI=1S/C92H110N6O24Si/c1-92(2,3)123(4,5)115-57-71-80(121-84-72(97-90(106)113-54-62-33-19-9-20-34-62)76(101)75(100)69(116-84)50-94-87(103)110-51-59-27-13-6-14-28-59)82(108-48-47-93-46-45-58-41-43-65(44-42-58)64-37-23-11-24-38-64)86(118-71)122-81-74(99)67(95-88(104)111-52-60-29-15-7-16-30-60)49-68(96-89(105)112-53-61-31-17-8-18-32-61)78(81)119-85-73(98-91(107)114-55-63-35-21-10-22-36-63)77(102)79-70(117-85)56-109-83(120-79)66-39-25-12-26-40-66/h6-44,67-86,93,99-102H,45-57H2,1-5H3,(H,94,103)(H,95,104)(H,96,105)(H,97,106)(H,98,107)/t67-,68+,69+,70-,71-,72-,73-,74+,75-,76-,77-,78-,79-,80-,81-,82-,83?,84-,85-,86+/m1/s1. The third kappa shape index (κ3) is 25.3. The summed E-state index contributed by atoms with van der Waals surface area (Å²) in [6.45, 7) is 8.81. The molecule has 8 aromatic carbocycles. The molecule has 0 radical (unpaired) electrons. The highest BCUT2D eigenvalue weighted by Gasteiger charge is 2.59. The Balaban J connectivity index is 0.882. The van der Waals surface area contributed by atoms with Crippen LogP contribution in [-0.2, 0) is 110 Å². The van der Waals surface area contributed by atoms with Gasteiger partial charge in [-0.15, -0.1) is 0 Å². The number of aliphatic hydroxyl groups excluding tert-OH is 4. The third-order valence-electron chi connectivity index (χ3n) is 22.6. The molecule has 0 bridgehead atoms. The van der Waals surface area contributed by atoms with Crippen LogP contribution in [0.15, 0.2) is 237 Å². The number of hydrogen-bond acceptors (Lipinski definition) is 25. The number of carbonyl (C=O) groups excluding carboxylic acids is 5. The van der Waals surface area contributed by atoms with Crippen molar-refractivity contribution in [3.05, 3.63) is 276 Å². The van der Waals surface area contributed by atoms with E-state index in [0.29, 0.717) is 46.3 Å². The average Bonchev–Trinajstić information content (AvgIpc) is 1.73. The minimum atomic E-state index is -2.83. The molecule has 5 fully saturated rings. The van der Waals surface area contributed by atoms with Crippen molar-refractivity contribution in [2.75, 3.05) is 39.5 Å². The van der Waals surface area contributed by atoms with Gasteiger partial charge in [-0.1, -0.05) is 257 Å². The molecular formula is C92H110N6O24Si. The van der Waals surface area contributed by atoms with Crippen LogP contribution in [0.3, 0.4) is 0 Å². The van der Waals surface area contributed by atoms with Crippen molar-refractivity contribution >= 4 is 38.8 Å². The molecule has 0 aromatic heterocycles. The molecule has 1 saturated carbocycles. The lowest BCUT2D eigenvalue weighted by Crippen LogP contribution is -2.71. The summed E-state index contributed by atoms with van der Waals surface area (Å²) in [5.41, 5.74) is 7.02. The van der Waals surface area contributed by atoms with Crippen LogP contribution in [0.2, 0.25) is 18.1 Å². The molecule has 4 heterocycles. The summed E-state index contributed by atoms with van der Waals surface area (Å²) in [5, 5.41) is 67.9. The SMILES string of the molecule is CC(C)(C)[Si](C)(C)OC[C@H]1O[C@@H](O[C@@H]2[C@@H](O)[C@H](NC(=O)OCc3ccccc3)C[C@H](NC(=O)OCc3ccccc3)[C@H]2O[C@H]2O[C@@H]3COC(c4ccccc4)O[C@H]3[C@H](O)[C@H]2NC(=O)OCc2ccccc2)[C@H](OCCNCCc2ccc(-c3ccccc3)cc2)[C@@H]1O[C@H]1O[C@@H](CNC(=O)OCc2ccccc2)[C@@H](O)[C@H](O)[C@H]1NC(=O)OCc1ccccc1. The van der Waals surface area contributed by atoms with Crippen LogP contribution < -0.4 is 31.9 Å². The van der Waals surface area contributed by atoms with Gasteiger partial charge in [-0.2, -0.15) is 0 Å². The summed E-state index contributed by atoms with van der Waals surface area (Å²) in [4.78, 5) is 71.3. The zero-order valence-electron chi connectivity index (χ0n) is 69.2. The number of rotatable bonds is 34. The fourth-order valence-electron chi connectivity index (χ4n) is 14.8. The van der Waals surface area contributed by atoms with Gasteiger partial charge in [-0.3, -0.25) is 0 Å². The van der Waals surface area contributed by atoms with Crippen LogP contribution in [0.25, 0.3) is 11.1 Å². The summed E-state index contributed by atoms with van der Waals surface area (Å²) >= 11 is 0. The molecule has 5 aliphatic rings. The maximum absolute atomic E-state index is 14.8. The van der Waals surface area contributed by atoms with Gasteiger partial charge in [0, 0.05) is 18.7 Å². The van der Waals surface area contributed by atoms with Crippen molar-refractivity contribution in [2.45, 2.75) is 207 Å². The van der Waals surface area contributed by atoms with Crippen molar-refractivity contribution in [3.8, 4) is 11.1 Å². The molecular weight excluding hydrogens is 1600 g/mol. The quantitative estimate of drug-likeness (QED) is 0.0102. The zero-order valence-corrected chi connectivity index (χ0v) is 70.2. The van der Waals surface area contributed by atoms with Crippen molar-refractivity contribution in [3.63, 3.8) is 0 Å². The van der Waals surface area contributed by atoms with E-state index in [4.69, 9.17) is 70.7 Å². The summed E-state index contributed by atoms with van der Waals surface area (Å²) in [6.07, 6.45) is -30.1. The van der Waals surface area contributed by atoms with E-state index in [1.54, 1.807) is 164 Å². The minimum Gasteiger partial charge on any atom is -0.445 e. The number of aliphatic hydroxyl groups is 4. The molecule has 656 valence electrons. The van der Waals surface area contributed by atoms with Gasteiger partial charge in [0.2, 0.25) is 0 Å². The number of carbonyl (C=O) groups is 5. The first kappa shape index (κ1) is 90.5. The Morgan fingerprint density at radius 3 is 1.38 bits per heavy atom. The Labute approximate surface area is 715 Å². The number of benzene rings is 8. The van der Waals surface area contributed by atoms with Crippen LogP contribution in [0, 0.1) is 0 Å². The summed E-state index contributed by atoms with van der Waals surface area (Å²) < 4.78 is 98.2. The highest BCUT2D eigenvalue weighted by atomic mass is 28.4. The predicted octanol–water partition coefficient (Wildman–Crippen LogP) is 10.3. The van der Waals surface area contributed by atoms with Crippen LogP contribution >= 0.6 is 0 Å². The van der Waals surface area contributed by atoms with Gasteiger partial charge in [0.25, 0.3) is 0 Å². The van der Waals surface area contributed by atoms with Crippen molar-refractivity contribution in [1.82, 2.24) is 31.9 Å². The minimum absolute atomic E-state index is 0.111. The molecule has 8 aromatic rings. The second-order valence-corrected chi connectivity index (χ2v) is 37.1. The van der Waals surface area contributed by atoms with Gasteiger partial charge in [0.05, 0.1) is 31.9 Å². The Morgan fingerprint density at radius 1 is 0.423 bits per heavy atom. The molecule has 1 unspecified atom stereocenters. The summed E-state index contributed by atoms with van der Waals surface area (Å²) in [7, 11) is -2.83. The summed E-state index contributed by atoms with van der Waals surface area (Å²) in [6, 6.07) is 65.6. The third-order valence-corrected chi connectivity index (χ3v) is 27.1. The first-order valence-electron chi connectivity index (χ1n) is 41.5. The molecule has 5 amide bonds. The fourth-order valence-corrected chi connectivity index (χ4v) is 15.8. The van der Waals surface area contributed by atoms with Gasteiger partial charge in [-0.25, -0.2) is 24.0 Å². The second-order valence-electron chi connectivity index (χ2n) is 32.3. The number of ether oxygens (including phenoxy) is 14. The monoisotopic (exact) mass is 1710 g/mol. The highest BCUT2D eigenvalue weighted by Crippen LogP contribution is 2.42. The fraction of sp³-hybridized carbons (Fsp3) is 0.424. The normalized spacial score (nSPS) is 26.9. The van der Waals surface area contributed by atoms with E-state index in [1.165, 1.54) is 0 Å². The number of hydrogen-bond donors (Lipinski definition) is 10. The Hall–Kier alpha value is -10.3. The maximum Gasteiger partial charge on any atom is 0.407 e. The number of nitrogens with one attached hydrogen (secondary N) is 6. The molecule has 4 saturated heterocycles.